The first-order valence-corrected chi connectivity index (χ1v) is 2.27. The zero-order valence-corrected chi connectivity index (χ0v) is 4.57. The summed E-state index contributed by atoms with van der Waals surface area (Å²) in [7, 11) is 0. The van der Waals surface area contributed by atoms with Crippen LogP contribution in [0, 0.1) is 0 Å². The molecule has 0 rings (SSSR count). The van der Waals surface area contributed by atoms with Gasteiger partial charge in [0.25, 0.3) is 0 Å². The molecule has 0 aliphatic heterocycles. The number of hydrogen-bond acceptors (Lipinski definition) is 3. The van der Waals surface area contributed by atoms with Gasteiger partial charge < -0.3 is 5.11 Å². The van der Waals surface area contributed by atoms with Crippen molar-refractivity contribution in [1.29, 1.82) is 0 Å². The molecule has 0 spiro atoms. The fourth-order valence-corrected chi connectivity index (χ4v) is 0.396. The Hall–Kier alpha value is 0.270. The molecule has 38 valence electrons. The van der Waals surface area contributed by atoms with Gasteiger partial charge in [-0.3, -0.25) is 4.72 Å². The van der Waals surface area contributed by atoms with E-state index in [4.69, 9.17) is 5.11 Å². The minimum atomic E-state index is -0.289. The molecule has 0 amide bonds. The van der Waals surface area contributed by atoms with Crippen molar-refractivity contribution in [2.45, 2.75) is 13.0 Å². The summed E-state index contributed by atoms with van der Waals surface area (Å²) in [6.07, 6.45) is -0.289. The van der Waals surface area contributed by atoms with E-state index in [2.05, 4.69) is 17.5 Å². The van der Waals surface area contributed by atoms with Crippen LogP contribution in [0.15, 0.2) is 0 Å². The lowest BCUT2D eigenvalue weighted by molar-refractivity contribution is 0.200. The quantitative estimate of drug-likeness (QED) is 0.427. The van der Waals surface area contributed by atoms with Crippen molar-refractivity contribution in [3.63, 3.8) is 0 Å². The van der Waals surface area contributed by atoms with Gasteiger partial charge in [0.1, 0.15) is 0 Å². The predicted molar refractivity (Wildman–Crippen MR) is 28.7 cm³/mol. The summed E-state index contributed by atoms with van der Waals surface area (Å²) in [5, 5.41) is 8.44. The second-order valence-corrected chi connectivity index (χ2v) is 1.53. The third kappa shape index (κ3) is 4.27. The van der Waals surface area contributed by atoms with Gasteiger partial charge in [-0.1, -0.05) is 12.8 Å². The number of nitrogens with one attached hydrogen (secondary N) is 1. The number of rotatable bonds is 2. The van der Waals surface area contributed by atoms with Crippen molar-refractivity contribution < 1.29 is 5.11 Å². The highest BCUT2D eigenvalue weighted by molar-refractivity contribution is 7.78. The first-order chi connectivity index (χ1) is 2.77. The second-order valence-electron chi connectivity index (χ2n) is 1.21. The zero-order valence-electron chi connectivity index (χ0n) is 3.68. The van der Waals surface area contributed by atoms with Crippen molar-refractivity contribution in [1.82, 2.24) is 4.72 Å². The van der Waals surface area contributed by atoms with Crippen LogP contribution in [-0.2, 0) is 0 Å². The van der Waals surface area contributed by atoms with Crippen LogP contribution in [0.25, 0.3) is 0 Å². The van der Waals surface area contributed by atoms with E-state index in [1.807, 2.05) is 0 Å². The molecule has 1 atom stereocenters. The van der Waals surface area contributed by atoms with Crippen molar-refractivity contribution in [2.75, 3.05) is 6.54 Å². The lowest BCUT2D eigenvalue weighted by atomic mass is 10.4. The molecule has 0 aliphatic carbocycles. The highest BCUT2D eigenvalue weighted by Gasteiger charge is 1.86. The molecule has 6 heavy (non-hydrogen) atoms. The lowest BCUT2D eigenvalue weighted by Gasteiger charge is -1.97. The molecular weight excluding hydrogens is 98.1 g/mol. The predicted octanol–water partition coefficient (Wildman–Crippen LogP) is -0.198. The molecule has 0 aromatic carbocycles. The second kappa shape index (κ2) is 3.46. The van der Waals surface area contributed by atoms with Crippen LogP contribution in [0.2, 0.25) is 0 Å². The number of aliphatic hydroxyl groups excluding tert-OH is 1. The third-order valence-corrected chi connectivity index (χ3v) is 0.569. The van der Waals surface area contributed by atoms with Crippen molar-refractivity contribution >= 4 is 12.8 Å². The monoisotopic (exact) mass is 107 g/mol. The van der Waals surface area contributed by atoms with Gasteiger partial charge in [0.15, 0.2) is 0 Å². The summed E-state index contributed by atoms with van der Waals surface area (Å²) in [6.45, 7) is 2.24. The molecular formula is C3H9NOS. The Bertz CT molecular complexity index is 32.0. The molecule has 2 N–H and O–H groups in total. The van der Waals surface area contributed by atoms with E-state index in [-0.39, 0.29) is 6.10 Å². The van der Waals surface area contributed by atoms with E-state index < -0.39 is 0 Å². The highest BCUT2D eigenvalue weighted by atomic mass is 32.1. The largest absolute Gasteiger partial charge is 0.392 e. The minimum absolute atomic E-state index is 0.289. The Kier molecular flexibility index (Phi) is 3.62. The molecule has 0 heterocycles. The molecule has 0 saturated carbocycles. The van der Waals surface area contributed by atoms with Crippen LogP contribution >= 0.6 is 12.8 Å². The summed E-state index contributed by atoms with van der Waals surface area (Å²) < 4.78 is 2.51. The van der Waals surface area contributed by atoms with Gasteiger partial charge in [-0.25, -0.2) is 0 Å². The van der Waals surface area contributed by atoms with Crippen LogP contribution in [-0.4, -0.2) is 17.8 Å². The smallest absolute Gasteiger partial charge is 0.0645 e. The topological polar surface area (TPSA) is 32.3 Å². The van der Waals surface area contributed by atoms with E-state index in [0.717, 1.165) is 0 Å². The fourth-order valence-electron chi connectivity index (χ4n) is 0.132. The van der Waals surface area contributed by atoms with Gasteiger partial charge >= 0.3 is 0 Å². The number of aliphatic hydroxyl groups is 1. The van der Waals surface area contributed by atoms with Gasteiger partial charge in [-0.05, 0) is 6.92 Å². The molecule has 0 aromatic rings. The van der Waals surface area contributed by atoms with Crippen molar-refractivity contribution in [2.24, 2.45) is 0 Å². The Morgan fingerprint density at radius 2 is 2.50 bits per heavy atom. The van der Waals surface area contributed by atoms with Gasteiger partial charge in [-0.2, -0.15) is 0 Å². The summed E-state index contributed by atoms with van der Waals surface area (Å²) >= 11 is 3.65. The fraction of sp³-hybridized carbons (Fsp3) is 1.00. The van der Waals surface area contributed by atoms with E-state index in [1.54, 1.807) is 6.92 Å². The Morgan fingerprint density at radius 1 is 2.00 bits per heavy atom. The molecule has 0 aromatic heterocycles. The zero-order chi connectivity index (χ0) is 4.99. The maximum atomic E-state index is 8.44. The summed E-state index contributed by atoms with van der Waals surface area (Å²) in [6, 6.07) is 0. The Morgan fingerprint density at radius 3 is 2.50 bits per heavy atom. The number of hydrogen-bond donors (Lipinski definition) is 3. The van der Waals surface area contributed by atoms with E-state index in [1.165, 1.54) is 0 Å². The molecule has 1 unspecified atom stereocenters. The maximum absolute atomic E-state index is 8.44. The lowest BCUT2D eigenvalue weighted by Crippen LogP contribution is -2.15. The van der Waals surface area contributed by atoms with Gasteiger partial charge in [0.05, 0.1) is 6.10 Å². The average Bonchev–Trinajstić information content (AvgIpc) is 1.35. The first kappa shape index (κ1) is 6.27. The van der Waals surface area contributed by atoms with Gasteiger partial charge in [-0.15, -0.1) is 0 Å². The Balaban J connectivity index is 2.63. The summed E-state index contributed by atoms with van der Waals surface area (Å²) in [5.74, 6) is 0. The van der Waals surface area contributed by atoms with E-state index in [0.29, 0.717) is 6.54 Å². The molecule has 2 nitrogen and oxygen atoms in total. The van der Waals surface area contributed by atoms with Crippen LogP contribution in [0.5, 0.6) is 0 Å². The molecule has 0 saturated heterocycles. The number of thiol groups is 1. The molecule has 0 bridgehead atoms. The van der Waals surface area contributed by atoms with E-state index in [9.17, 15) is 0 Å². The Labute approximate surface area is 43.1 Å². The summed E-state index contributed by atoms with van der Waals surface area (Å²) in [5.41, 5.74) is 0. The van der Waals surface area contributed by atoms with Crippen LogP contribution in [0.1, 0.15) is 6.92 Å². The highest BCUT2D eigenvalue weighted by Crippen LogP contribution is 1.72. The standard InChI is InChI=1S/C3H9NOS/c1-3(5)2-4-6/h3-6H,2H2,1H3. The molecule has 3 heteroatoms. The normalized spacial score (nSPS) is 14.5. The molecule has 0 aliphatic rings. The minimum Gasteiger partial charge on any atom is -0.392 e. The van der Waals surface area contributed by atoms with Crippen LogP contribution in [0.3, 0.4) is 0 Å². The van der Waals surface area contributed by atoms with Crippen molar-refractivity contribution in [3.8, 4) is 0 Å². The van der Waals surface area contributed by atoms with Gasteiger partial charge in [0, 0.05) is 6.54 Å². The van der Waals surface area contributed by atoms with Crippen molar-refractivity contribution in [3.05, 3.63) is 0 Å². The summed E-state index contributed by atoms with van der Waals surface area (Å²) in [4.78, 5) is 0. The average molecular weight is 107 g/mol. The maximum Gasteiger partial charge on any atom is 0.0645 e. The van der Waals surface area contributed by atoms with Crippen LogP contribution in [0.4, 0.5) is 0 Å². The molecule has 0 fully saturated rings. The van der Waals surface area contributed by atoms with Gasteiger partial charge in [0.2, 0.25) is 0 Å². The van der Waals surface area contributed by atoms with E-state index >= 15 is 0 Å². The third-order valence-electron chi connectivity index (χ3n) is 0.387. The first-order valence-electron chi connectivity index (χ1n) is 1.82. The SMILES string of the molecule is CC(O)CNS. The van der Waals surface area contributed by atoms with Crippen LogP contribution < -0.4 is 4.72 Å². The molecule has 0 radical (unpaired) electrons.